The number of carboxylic acid groups (broad SMARTS) is 1. The third-order valence-electron chi connectivity index (χ3n) is 1.95. The molecule has 6 heteroatoms. The van der Waals surface area contributed by atoms with Gasteiger partial charge in [-0.2, -0.15) is 0 Å². The quantitative estimate of drug-likeness (QED) is 0.925. The molecule has 17 heavy (non-hydrogen) atoms. The first-order chi connectivity index (χ1) is 8.18. The fourth-order valence-corrected chi connectivity index (χ4v) is 2.28. The summed E-state index contributed by atoms with van der Waals surface area (Å²) in [5, 5.41) is 9.55. The van der Waals surface area contributed by atoms with Crippen LogP contribution in [0.15, 0.2) is 46.7 Å². The van der Waals surface area contributed by atoms with Gasteiger partial charge in [0.2, 0.25) is 0 Å². The molecule has 0 aliphatic rings. The van der Waals surface area contributed by atoms with Crippen LogP contribution < -0.4 is 0 Å². The molecule has 0 spiro atoms. The third kappa shape index (κ3) is 2.75. The molecule has 4 nitrogen and oxygen atoms in total. The molecule has 0 saturated carbocycles. The molecule has 0 aliphatic heterocycles. The second-order valence-corrected chi connectivity index (χ2v) is 4.51. The van der Waals surface area contributed by atoms with Gasteiger partial charge in [-0.3, -0.25) is 4.98 Å². The zero-order valence-electron chi connectivity index (χ0n) is 8.50. The summed E-state index contributed by atoms with van der Waals surface area (Å²) in [5.74, 6) is -1.06. The summed E-state index contributed by atoms with van der Waals surface area (Å²) in [6.45, 7) is 0. The molecule has 0 amide bonds. The third-order valence-corrected chi connectivity index (χ3v) is 3.46. The second-order valence-electron chi connectivity index (χ2n) is 3.07. The highest BCUT2D eigenvalue weighted by Crippen LogP contribution is 2.32. The molecule has 2 heterocycles. The highest BCUT2D eigenvalue weighted by Gasteiger charge is 2.13. The van der Waals surface area contributed by atoms with Crippen molar-refractivity contribution in [2.24, 2.45) is 0 Å². The Morgan fingerprint density at radius 2 is 1.94 bits per heavy atom. The van der Waals surface area contributed by atoms with Gasteiger partial charge in [-0.1, -0.05) is 23.4 Å². The Balaban J connectivity index is 2.34. The van der Waals surface area contributed by atoms with Gasteiger partial charge in [0.25, 0.3) is 0 Å². The van der Waals surface area contributed by atoms with E-state index in [0.717, 1.165) is 4.90 Å². The lowest BCUT2D eigenvalue weighted by Gasteiger charge is -2.04. The minimum absolute atomic E-state index is 0.0539. The van der Waals surface area contributed by atoms with Crippen molar-refractivity contribution in [1.29, 1.82) is 0 Å². The van der Waals surface area contributed by atoms with Crippen LogP contribution in [-0.2, 0) is 0 Å². The molecule has 0 saturated heterocycles. The zero-order valence-corrected chi connectivity index (χ0v) is 10.1. The molecule has 0 fully saturated rings. The largest absolute Gasteiger partial charge is 0.478 e. The van der Waals surface area contributed by atoms with E-state index < -0.39 is 5.97 Å². The molecule has 2 aromatic heterocycles. The fourth-order valence-electron chi connectivity index (χ4n) is 1.18. The molecule has 0 unspecified atom stereocenters. The van der Waals surface area contributed by atoms with Crippen LogP contribution in [0.25, 0.3) is 0 Å². The fraction of sp³-hybridized carbons (Fsp3) is 0. The summed E-state index contributed by atoms with van der Waals surface area (Å²) in [5.41, 5.74) is 0.0539. The molecule has 0 radical (unpaired) electrons. The van der Waals surface area contributed by atoms with Gasteiger partial charge in [0.1, 0.15) is 5.03 Å². The molecule has 86 valence electrons. The molecular weight excluding hydrogens is 260 g/mol. The molecular formula is C11H7ClN2O2S. The predicted molar refractivity (Wildman–Crippen MR) is 64.6 cm³/mol. The number of rotatable bonds is 3. The predicted octanol–water partition coefficient (Wildman–Crippen LogP) is 2.98. The Morgan fingerprint density at radius 3 is 2.59 bits per heavy atom. The number of aromatic nitrogens is 2. The Morgan fingerprint density at radius 1 is 1.24 bits per heavy atom. The number of hydrogen-bond donors (Lipinski definition) is 1. The van der Waals surface area contributed by atoms with E-state index in [-0.39, 0.29) is 10.6 Å². The number of carboxylic acids is 1. The average Bonchev–Trinajstić information content (AvgIpc) is 2.33. The average molecular weight is 267 g/mol. The molecule has 0 bridgehead atoms. The van der Waals surface area contributed by atoms with Gasteiger partial charge in [-0.25, -0.2) is 9.78 Å². The molecule has 1 N–H and O–H groups in total. The van der Waals surface area contributed by atoms with E-state index in [0.29, 0.717) is 5.03 Å². The highest BCUT2D eigenvalue weighted by molar-refractivity contribution is 7.99. The Bertz CT molecular complexity index is 548. The smallest absolute Gasteiger partial charge is 0.337 e. The molecule has 0 atom stereocenters. The number of nitrogens with zero attached hydrogens (tertiary/aromatic N) is 2. The molecule has 2 rings (SSSR count). The van der Waals surface area contributed by atoms with Crippen molar-refractivity contribution in [3.05, 3.63) is 47.4 Å². The van der Waals surface area contributed by atoms with Gasteiger partial charge in [-0.05, 0) is 18.2 Å². The first-order valence-corrected chi connectivity index (χ1v) is 5.83. The highest BCUT2D eigenvalue weighted by atomic mass is 35.5. The maximum Gasteiger partial charge on any atom is 0.337 e. The van der Waals surface area contributed by atoms with Crippen LogP contribution >= 0.6 is 23.4 Å². The van der Waals surface area contributed by atoms with Gasteiger partial charge in [-0.15, -0.1) is 0 Å². The van der Waals surface area contributed by atoms with Crippen LogP contribution in [0.2, 0.25) is 5.02 Å². The van der Waals surface area contributed by atoms with E-state index in [2.05, 4.69) is 9.97 Å². The summed E-state index contributed by atoms with van der Waals surface area (Å²) in [6.07, 6.45) is 4.73. The summed E-state index contributed by atoms with van der Waals surface area (Å²) < 4.78 is 0. The Labute approximate surface area is 107 Å². The second kappa shape index (κ2) is 5.16. The topological polar surface area (TPSA) is 63.1 Å². The number of aromatic carboxylic acids is 1. The minimum atomic E-state index is -1.06. The van der Waals surface area contributed by atoms with Crippen molar-refractivity contribution in [2.75, 3.05) is 0 Å². The lowest BCUT2D eigenvalue weighted by molar-refractivity contribution is 0.0696. The lowest BCUT2D eigenvalue weighted by Crippen LogP contribution is -1.99. The number of carbonyl (C=O) groups is 1. The number of halogens is 1. The van der Waals surface area contributed by atoms with Gasteiger partial charge >= 0.3 is 5.97 Å². The SMILES string of the molecule is O=C(O)c1ccnc(Sc2ccncc2)c1Cl. The Hall–Kier alpha value is -1.59. The maximum absolute atomic E-state index is 10.9. The normalized spacial score (nSPS) is 10.2. The lowest BCUT2D eigenvalue weighted by atomic mass is 10.3. The molecule has 2 aromatic rings. The monoisotopic (exact) mass is 266 g/mol. The molecule has 0 aliphatic carbocycles. The summed E-state index contributed by atoms with van der Waals surface area (Å²) in [6, 6.07) is 4.98. The van der Waals surface area contributed by atoms with Crippen molar-refractivity contribution in [2.45, 2.75) is 9.92 Å². The van der Waals surface area contributed by atoms with Crippen molar-refractivity contribution >= 4 is 29.3 Å². The Kier molecular flexibility index (Phi) is 3.61. The molecule has 0 aromatic carbocycles. The van der Waals surface area contributed by atoms with Gasteiger partial charge in [0.05, 0.1) is 10.6 Å². The van der Waals surface area contributed by atoms with E-state index in [4.69, 9.17) is 16.7 Å². The summed E-state index contributed by atoms with van der Waals surface area (Å²) >= 11 is 7.27. The van der Waals surface area contributed by atoms with Crippen LogP contribution in [0.4, 0.5) is 0 Å². The van der Waals surface area contributed by atoms with Crippen LogP contribution in [0.3, 0.4) is 0 Å². The van der Waals surface area contributed by atoms with Crippen molar-refractivity contribution < 1.29 is 9.90 Å². The van der Waals surface area contributed by atoms with E-state index in [9.17, 15) is 4.79 Å². The van der Waals surface area contributed by atoms with Gasteiger partial charge < -0.3 is 5.11 Å². The van der Waals surface area contributed by atoms with E-state index in [1.54, 1.807) is 24.5 Å². The zero-order chi connectivity index (χ0) is 12.3. The van der Waals surface area contributed by atoms with Crippen molar-refractivity contribution in [1.82, 2.24) is 9.97 Å². The number of pyridine rings is 2. The maximum atomic E-state index is 10.9. The van der Waals surface area contributed by atoms with Crippen molar-refractivity contribution in [3.63, 3.8) is 0 Å². The van der Waals surface area contributed by atoms with E-state index in [1.807, 2.05) is 0 Å². The van der Waals surface area contributed by atoms with Crippen LogP contribution in [-0.4, -0.2) is 21.0 Å². The first kappa shape index (κ1) is 11.9. The van der Waals surface area contributed by atoms with Gasteiger partial charge in [0.15, 0.2) is 0 Å². The standard InChI is InChI=1S/C11H7ClN2O2S/c12-9-8(11(15)16)3-6-14-10(9)17-7-1-4-13-5-2-7/h1-6H,(H,15,16). The van der Waals surface area contributed by atoms with Crippen molar-refractivity contribution in [3.8, 4) is 0 Å². The first-order valence-electron chi connectivity index (χ1n) is 4.64. The minimum Gasteiger partial charge on any atom is -0.478 e. The van der Waals surface area contributed by atoms with Crippen LogP contribution in [0.1, 0.15) is 10.4 Å². The van der Waals surface area contributed by atoms with Crippen LogP contribution in [0.5, 0.6) is 0 Å². The number of hydrogen-bond acceptors (Lipinski definition) is 4. The summed E-state index contributed by atoms with van der Waals surface area (Å²) in [7, 11) is 0. The van der Waals surface area contributed by atoms with E-state index >= 15 is 0 Å². The van der Waals surface area contributed by atoms with Crippen LogP contribution in [0, 0.1) is 0 Å². The van der Waals surface area contributed by atoms with E-state index in [1.165, 1.54) is 24.0 Å². The van der Waals surface area contributed by atoms with Gasteiger partial charge in [0, 0.05) is 23.5 Å². The summed E-state index contributed by atoms with van der Waals surface area (Å²) in [4.78, 5) is 19.8.